The van der Waals surface area contributed by atoms with Crippen LogP contribution >= 0.6 is 0 Å². The molecule has 1 saturated heterocycles. The van der Waals surface area contributed by atoms with Crippen molar-refractivity contribution in [1.29, 1.82) is 0 Å². The molecular weight excluding hydrogens is 324 g/mol. The second kappa shape index (κ2) is 5.93. The van der Waals surface area contributed by atoms with Crippen molar-refractivity contribution in [3.63, 3.8) is 0 Å². The zero-order valence-electron chi connectivity index (χ0n) is 17.4. The van der Waals surface area contributed by atoms with Gasteiger partial charge in [0, 0.05) is 0 Å². The molecule has 2 fully saturated rings. The number of fused-ring (bicyclic) bond motifs is 3. The minimum absolute atomic E-state index is 0.118. The zero-order valence-corrected chi connectivity index (χ0v) is 17.4. The first-order valence-electron chi connectivity index (χ1n) is 10.5. The molecule has 3 aliphatic carbocycles. The van der Waals surface area contributed by atoms with Gasteiger partial charge in [-0.15, -0.1) is 0 Å². The molecule has 146 valence electrons. The van der Waals surface area contributed by atoms with E-state index in [4.69, 9.17) is 9.47 Å². The lowest BCUT2D eigenvalue weighted by atomic mass is 9.65. The van der Waals surface area contributed by atoms with Crippen LogP contribution in [-0.4, -0.2) is 29.7 Å². The summed E-state index contributed by atoms with van der Waals surface area (Å²) in [5.74, 6) is 0.664. The van der Waals surface area contributed by atoms with Crippen LogP contribution in [0.15, 0.2) is 22.8 Å². The van der Waals surface area contributed by atoms with Crippen LogP contribution in [0.4, 0.5) is 0 Å². The Morgan fingerprint density at radius 1 is 1.12 bits per heavy atom. The predicted octanol–water partition coefficient (Wildman–Crippen LogP) is 5.00. The van der Waals surface area contributed by atoms with Crippen molar-refractivity contribution < 1.29 is 14.6 Å². The molecule has 0 aromatic rings. The number of aliphatic hydroxyl groups is 1. The minimum atomic E-state index is -0.496. The monoisotopic (exact) mass is 360 g/mol. The Morgan fingerprint density at radius 3 is 2.54 bits per heavy atom. The first-order chi connectivity index (χ1) is 12.1. The van der Waals surface area contributed by atoms with Crippen molar-refractivity contribution >= 4 is 0 Å². The maximum Gasteiger partial charge on any atom is 0.163 e. The maximum atomic E-state index is 10.9. The van der Waals surface area contributed by atoms with E-state index >= 15 is 0 Å². The van der Waals surface area contributed by atoms with Gasteiger partial charge < -0.3 is 14.6 Å². The lowest BCUT2D eigenvalue weighted by Crippen LogP contribution is -2.45. The Balaban J connectivity index is 1.81. The average molecular weight is 361 g/mol. The summed E-state index contributed by atoms with van der Waals surface area (Å²) in [6, 6.07) is 0. The first-order valence-corrected chi connectivity index (χ1v) is 10.5. The fraction of sp³-hybridized carbons (Fsp3) is 0.826. The Hall–Kier alpha value is -0.640. The molecule has 4 aliphatic rings. The normalized spacial score (nSPS) is 44.9. The van der Waals surface area contributed by atoms with Crippen molar-refractivity contribution in [2.45, 2.75) is 91.6 Å². The minimum Gasteiger partial charge on any atom is -0.389 e. The Kier molecular flexibility index (Phi) is 4.26. The topological polar surface area (TPSA) is 38.7 Å². The molecule has 0 bridgehead atoms. The number of ether oxygens (including phenoxy) is 2. The lowest BCUT2D eigenvalue weighted by molar-refractivity contribution is -0.255. The Morgan fingerprint density at radius 2 is 1.85 bits per heavy atom. The van der Waals surface area contributed by atoms with Gasteiger partial charge in [0.25, 0.3) is 0 Å². The molecule has 1 heterocycles. The number of aliphatic hydroxyl groups excluding tert-OH is 1. The Bertz CT molecular complexity index is 658. The molecule has 0 spiro atoms. The summed E-state index contributed by atoms with van der Waals surface area (Å²) in [5.41, 5.74) is 4.31. The molecule has 4 rings (SSSR count). The highest BCUT2D eigenvalue weighted by molar-refractivity contribution is 5.44. The van der Waals surface area contributed by atoms with Crippen molar-refractivity contribution in [1.82, 2.24) is 0 Å². The van der Waals surface area contributed by atoms with Gasteiger partial charge >= 0.3 is 0 Å². The van der Waals surface area contributed by atoms with E-state index in [0.717, 1.165) is 19.3 Å². The number of hydrogen-bond acceptors (Lipinski definition) is 3. The van der Waals surface area contributed by atoms with Crippen molar-refractivity contribution in [2.24, 2.45) is 22.7 Å². The molecule has 3 heteroatoms. The van der Waals surface area contributed by atoms with Gasteiger partial charge in [0.15, 0.2) is 5.79 Å². The Labute approximate surface area is 158 Å². The molecule has 1 N–H and O–H groups in total. The van der Waals surface area contributed by atoms with E-state index in [0.29, 0.717) is 18.4 Å². The number of allylic oxidation sites excluding steroid dienone is 2. The maximum absolute atomic E-state index is 10.9. The number of hydrogen-bond donors (Lipinski definition) is 1. The van der Waals surface area contributed by atoms with Gasteiger partial charge in [0.1, 0.15) is 0 Å². The molecule has 5 atom stereocenters. The highest BCUT2D eigenvalue weighted by Gasteiger charge is 2.53. The highest BCUT2D eigenvalue weighted by atomic mass is 16.7. The summed E-state index contributed by atoms with van der Waals surface area (Å²) >= 11 is 0. The van der Waals surface area contributed by atoms with E-state index < -0.39 is 5.79 Å². The van der Waals surface area contributed by atoms with Crippen molar-refractivity contribution in [3.8, 4) is 0 Å². The lowest BCUT2D eigenvalue weighted by Gasteiger charge is -2.46. The van der Waals surface area contributed by atoms with Crippen LogP contribution in [0.2, 0.25) is 0 Å². The molecule has 0 aromatic carbocycles. The van der Waals surface area contributed by atoms with Crippen LogP contribution in [0, 0.1) is 22.7 Å². The third-order valence-corrected chi connectivity index (χ3v) is 7.96. The van der Waals surface area contributed by atoms with E-state index in [1.54, 1.807) is 0 Å². The smallest absolute Gasteiger partial charge is 0.163 e. The summed E-state index contributed by atoms with van der Waals surface area (Å²) in [7, 11) is 0. The van der Waals surface area contributed by atoms with E-state index in [9.17, 15) is 5.11 Å². The molecular formula is C23H36O3. The molecule has 0 aromatic heterocycles. The van der Waals surface area contributed by atoms with E-state index in [1.165, 1.54) is 29.6 Å². The quantitative estimate of drug-likeness (QED) is 0.715. The van der Waals surface area contributed by atoms with Crippen LogP contribution in [-0.2, 0) is 9.47 Å². The summed E-state index contributed by atoms with van der Waals surface area (Å²) in [6.07, 6.45) is 7.76. The van der Waals surface area contributed by atoms with Crippen LogP contribution in [0.25, 0.3) is 0 Å². The van der Waals surface area contributed by atoms with Gasteiger partial charge in [-0.05, 0) is 85.3 Å². The first kappa shape index (κ1) is 18.7. The SMILES string of the molecule is CC(C)[C@H]1C[C@H](O)C2=CC3=C4COC(C)(C)O[C@H]4CC[C@@]3(C)CC[C@@]21C. The molecule has 3 nitrogen and oxygen atoms in total. The summed E-state index contributed by atoms with van der Waals surface area (Å²) in [5, 5.41) is 10.9. The molecule has 0 unspecified atom stereocenters. The van der Waals surface area contributed by atoms with Crippen molar-refractivity contribution in [3.05, 3.63) is 22.8 Å². The fourth-order valence-electron chi connectivity index (χ4n) is 6.29. The van der Waals surface area contributed by atoms with Gasteiger partial charge in [-0.2, -0.15) is 0 Å². The van der Waals surface area contributed by atoms with Gasteiger partial charge in [-0.25, -0.2) is 0 Å². The molecule has 0 amide bonds. The van der Waals surface area contributed by atoms with Crippen LogP contribution in [0.1, 0.15) is 73.6 Å². The largest absolute Gasteiger partial charge is 0.389 e. The van der Waals surface area contributed by atoms with Crippen LogP contribution in [0.5, 0.6) is 0 Å². The average Bonchev–Trinajstić information content (AvgIpc) is 2.72. The molecule has 26 heavy (non-hydrogen) atoms. The molecule has 1 aliphatic heterocycles. The van der Waals surface area contributed by atoms with Crippen molar-refractivity contribution in [2.75, 3.05) is 6.61 Å². The summed E-state index contributed by atoms with van der Waals surface area (Å²) in [6.45, 7) is 14.1. The van der Waals surface area contributed by atoms with E-state index in [2.05, 4.69) is 33.8 Å². The van der Waals surface area contributed by atoms with Gasteiger partial charge in [-0.3, -0.25) is 0 Å². The van der Waals surface area contributed by atoms with E-state index in [1.807, 2.05) is 13.8 Å². The molecule has 1 saturated carbocycles. The van der Waals surface area contributed by atoms with E-state index in [-0.39, 0.29) is 23.0 Å². The second-order valence-corrected chi connectivity index (χ2v) is 10.5. The second-order valence-electron chi connectivity index (χ2n) is 10.5. The summed E-state index contributed by atoms with van der Waals surface area (Å²) < 4.78 is 12.3. The summed E-state index contributed by atoms with van der Waals surface area (Å²) in [4.78, 5) is 0. The third kappa shape index (κ3) is 2.73. The standard InChI is InChI=1S/C23H36O3/c1-14(2)16-12-19(24)18-11-17-15-13-25-21(3,4)26-20(15)7-8-22(17,5)9-10-23(16,18)6/h11,14,16,19-20,24H,7-10,12-13H2,1-6H3/t16-,19+,20+,22+,23-/m1/s1. The van der Waals surface area contributed by atoms with Crippen LogP contribution in [0.3, 0.4) is 0 Å². The van der Waals surface area contributed by atoms with Gasteiger partial charge in [-0.1, -0.05) is 33.8 Å². The molecule has 0 radical (unpaired) electrons. The zero-order chi connectivity index (χ0) is 18.9. The third-order valence-electron chi connectivity index (χ3n) is 7.96. The van der Waals surface area contributed by atoms with Gasteiger partial charge in [0.05, 0.1) is 18.8 Å². The van der Waals surface area contributed by atoms with Crippen LogP contribution < -0.4 is 0 Å². The van der Waals surface area contributed by atoms with Gasteiger partial charge in [0.2, 0.25) is 0 Å². The number of rotatable bonds is 1. The predicted molar refractivity (Wildman–Crippen MR) is 104 cm³/mol. The highest BCUT2D eigenvalue weighted by Crippen LogP contribution is 2.60. The fourth-order valence-corrected chi connectivity index (χ4v) is 6.29.